The fraction of sp³-hybridized carbons (Fsp3) is 0.276. The molecule has 7 heteroatoms. The quantitative estimate of drug-likeness (QED) is 0.276. The van der Waals surface area contributed by atoms with Crippen molar-refractivity contribution in [3.05, 3.63) is 101 Å². The number of hydrogen-bond acceptors (Lipinski definition) is 6. The number of rotatable bonds is 9. The van der Waals surface area contributed by atoms with Crippen LogP contribution in [0, 0.1) is 6.92 Å². The summed E-state index contributed by atoms with van der Waals surface area (Å²) in [4.78, 5) is 33.9. The monoisotopic (exact) mass is 485 g/mol. The summed E-state index contributed by atoms with van der Waals surface area (Å²) < 4.78 is 5.95. The molecule has 0 bridgehead atoms. The van der Waals surface area contributed by atoms with Crippen LogP contribution >= 0.6 is 0 Å². The topological polar surface area (TPSA) is 83.0 Å². The Morgan fingerprint density at radius 3 is 2.53 bits per heavy atom. The summed E-state index contributed by atoms with van der Waals surface area (Å²) in [6, 6.07) is 18.0. The highest BCUT2D eigenvalue weighted by Gasteiger charge is 2.45. The van der Waals surface area contributed by atoms with Gasteiger partial charge in [0.1, 0.15) is 18.1 Å². The van der Waals surface area contributed by atoms with Gasteiger partial charge in [0.2, 0.25) is 0 Å². The number of pyridine rings is 1. The maximum Gasteiger partial charge on any atom is 0.295 e. The van der Waals surface area contributed by atoms with E-state index in [4.69, 9.17) is 4.74 Å². The van der Waals surface area contributed by atoms with Crippen LogP contribution in [-0.2, 0) is 16.2 Å². The lowest BCUT2D eigenvalue weighted by molar-refractivity contribution is -0.139. The zero-order chi connectivity index (χ0) is 25.7. The lowest BCUT2D eigenvalue weighted by Gasteiger charge is -2.25. The van der Waals surface area contributed by atoms with Crippen molar-refractivity contribution in [1.29, 1.82) is 0 Å². The third-order valence-corrected chi connectivity index (χ3v) is 6.23. The number of aromatic nitrogens is 1. The van der Waals surface area contributed by atoms with Crippen LogP contribution in [0.1, 0.15) is 34.7 Å². The van der Waals surface area contributed by atoms with E-state index in [1.807, 2.05) is 62.3 Å². The fourth-order valence-electron chi connectivity index (χ4n) is 4.40. The number of hydrogen-bond donors (Lipinski definition) is 1. The molecule has 1 atom stereocenters. The van der Waals surface area contributed by atoms with Crippen molar-refractivity contribution in [2.24, 2.45) is 0 Å². The molecular weight excluding hydrogens is 454 g/mol. The van der Waals surface area contributed by atoms with Gasteiger partial charge in [0.15, 0.2) is 0 Å². The smallest absolute Gasteiger partial charge is 0.295 e. The number of ether oxygens (including phenoxy) is 1. The Morgan fingerprint density at radius 2 is 1.86 bits per heavy atom. The minimum absolute atomic E-state index is 0.0789. The highest BCUT2D eigenvalue weighted by atomic mass is 16.5. The van der Waals surface area contributed by atoms with E-state index in [-0.39, 0.29) is 11.3 Å². The molecule has 0 spiro atoms. The first kappa shape index (κ1) is 25.1. The molecule has 1 N–H and O–H groups in total. The van der Waals surface area contributed by atoms with Crippen molar-refractivity contribution in [2.75, 3.05) is 27.2 Å². The largest absolute Gasteiger partial charge is 0.507 e. The predicted molar refractivity (Wildman–Crippen MR) is 138 cm³/mol. The summed E-state index contributed by atoms with van der Waals surface area (Å²) in [6.07, 6.45) is 3.97. The van der Waals surface area contributed by atoms with Gasteiger partial charge >= 0.3 is 0 Å². The summed E-state index contributed by atoms with van der Waals surface area (Å²) in [6.45, 7) is 3.47. The van der Waals surface area contributed by atoms with Crippen LogP contribution in [-0.4, -0.2) is 58.8 Å². The molecule has 1 aliphatic rings. The lowest BCUT2D eigenvalue weighted by atomic mass is 9.95. The van der Waals surface area contributed by atoms with Crippen molar-refractivity contribution in [3.8, 4) is 5.75 Å². The third-order valence-electron chi connectivity index (χ3n) is 6.23. The number of aliphatic hydroxyl groups excluding tert-OH is 1. The molecule has 36 heavy (non-hydrogen) atoms. The molecule has 1 amide bonds. The molecule has 1 aliphatic heterocycles. The van der Waals surface area contributed by atoms with Crippen LogP contribution in [0.4, 0.5) is 0 Å². The Labute approximate surface area is 211 Å². The van der Waals surface area contributed by atoms with Gasteiger partial charge in [0.25, 0.3) is 11.7 Å². The van der Waals surface area contributed by atoms with Gasteiger partial charge in [0.05, 0.1) is 11.6 Å². The molecule has 0 aliphatic carbocycles. The van der Waals surface area contributed by atoms with Crippen molar-refractivity contribution in [1.82, 2.24) is 14.8 Å². The second-order valence-corrected chi connectivity index (χ2v) is 9.19. The number of ketones is 1. The Bertz CT molecular complexity index is 1260. The standard InChI is InChI=1S/C29H31N3O4/c1-20-17-22(12-13-24(20)36-19-21-9-5-4-6-10-21)27(33)25-26(23-11-7-14-30-18-23)32(29(35)28(25)34)16-8-15-31(2)3/h4-7,9-14,17-18,26,33H,8,15-16,19H2,1-3H3/b27-25+. The van der Waals surface area contributed by atoms with Gasteiger partial charge in [0, 0.05) is 24.5 Å². The highest BCUT2D eigenvalue weighted by molar-refractivity contribution is 6.46. The Kier molecular flexibility index (Phi) is 7.80. The van der Waals surface area contributed by atoms with Crippen LogP contribution < -0.4 is 4.74 Å². The molecular formula is C29H31N3O4. The van der Waals surface area contributed by atoms with Gasteiger partial charge < -0.3 is 19.6 Å². The first-order valence-electron chi connectivity index (χ1n) is 12.0. The van der Waals surface area contributed by atoms with E-state index in [1.165, 1.54) is 0 Å². The fourth-order valence-corrected chi connectivity index (χ4v) is 4.40. The second kappa shape index (κ2) is 11.2. The molecule has 0 radical (unpaired) electrons. The van der Waals surface area contributed by atoms with Gasteiger partial charge in [-0.2, -0.15) is 0 Å². The minimum Gasteiger partial charge on any atom is -0.507 e. The number of amides is 1. The van der Waals surface area contributed by atoms with Crippen molar-refractivity contribution < 1.29 is 19.4 Å². The summed E-state index contributed by atoms with van der Waals surface area (Å²) >= 11 is 0. The number of carbonyl (C=O) groups excluding carboxylic acids is 2. The van der Waals surface area contributed by atoms with Gasteiger partial charge in [-0.1, -0.05) is 36.4 Å². The van der Waals surface area contributed by atoms with E-state index >= 15 is 0 Å². The van der Waals surface area contributed by atoms with Gasteiger partial charge in [-0.05, 0) is 74.9 Å². The van der Waals surface area contributed by atoms with E-state index in [9.17, 15) is 14.7 Å². The summed E-state index contributed by atoms with van der Waals surface area (Å²) in [5.74, 6) is -0.810. The summed E-state index contributed by atoms with van der Waals surface area (Å²) in [5, 5.41) is 11.3. The molecule has 1 fully saturated rings. The normalized spacial score (nSPS) is 17.1. The molecule has 1 unspecified atom stereocenters. The average molecular weight is 486 g/mol. The highest BCUT2D eigenvalue weighted by Crippen LogP contribution is 2.39. The van der Waals surface area contributed by atoms with E-state index in [1.54, 1.807) is 41.6 Å². The zero-order valence-electron chi connectivity index (χ0n) is 20.8. The van der Waals surface area contributed by atoms with Crippen LogP contribution in [0.15, 0.2) is 78.6 Å². The van der Waals surface area contributed by atoms with Crippen LogP contribution in [0.25, 0.3) is 5.76 Å². The maximum atomic E-state index is 13.2. The molecule has 3 aromatic rings. The predicted octanol–water partition coefficient (Wildman–Crippen LogP) is 4.34. The van der Waals surface area contributed by atoms with Crippen molar-refractivity contribution in [3.63, 3.8) is 0 Å². The number of likely N-dealkylation sites (tertiary alicyclic amines) is 1. The Hall–Kier alpha value is -3.97. The molecule has 4 rings (SSSR count). The number of nitrogens with zero attached hydrogens (tertiary/aromatic N) is 3. The third kappa shape index (κ3) is 5.47. The van der Waals surface area contributed by atoms with E-state index in [2.05, 4.69) is 4.98 Å². The van der Waals surface area contributed by atoms with Gasteiger partial charge in [-0.25, -0.2) is 0 Å². The van der Waals surface area contributed by atoms with Gasteiger partial charge in [-0.15, -0.1) is 0 Å². The Balaban J connectivity index is 1.66. The molecule has 2 heterocycles. The summed E-state index contributed by atoms with van der Waals surface area (Å²) in [5.41, 5.74) is 3.08. The second-order valence-electron chi connectivity index (χ2n) is 9.19. The van der Waals surface area contributed by atoms with Crippen molar-refractivity contribution >= 4 is 17.4 Å². The Morgan fingerprint density at radius 1 is 1.08 bits per heavy atom. The van der Waals surface area contributed by atoms with Crippen LogP contribution in [0.3, 0.4) is 0 Å². The zero-order valence-corrected chi connectivity index (χ0v) is 20.8. The van der Waals surface area contributed by atoms with Crippen LogP contribution in [0.5, 0.6) is 5.75 Å². The number of carbonyl (C=O) groups is 2. The van der Waals surface area contributed by atoms with Crippen molar-refractivity contribution in [2.45, 2.75) is 26.0 Å². The minimum atomic E-state index is -0.699. The van der Waals surface area contributed by atoms with E-state index in [0.29, 0.717) is 36.4 Å². The number of benzene rings is 2. The van der Waals surface area contributed by atoms with E-state index < -0.39 is 17.7 Å². The average Bonchev–Trinajstić information content (AvgIpc) is 3.13. The molecule has 1 saturated heterocycles. The molecule has 7 nitrogen and oxygen atoms in total. The first-order chi connectivity index (χ1) is 17.4. The van der Waals surface area contributed by atoms with Gasteiger partial charge in [-0.3, -0.25) is 14.6 Å². The molecule has 2 aromatic carbocycles. The molecule has 0 saturated carbocycles. The maximum absolute atomic E-state index is 13.2. The van der Waals surface area contributed by atoms with Crippen LogP contribution in [0.2, 0.25) is 0 Å². The molecule has 186 valence electrons. The lowest BCUT2D eigenvalue weighted by Crippen LogP contribution is -2.32. The number of Topliss-reactive ketones (excluding diaryl/α,β-unsaturated/α-hetero) is 1. The summed E-state index contributed by atoms with van der Waals surface area (Å²) in [7, 11) is 3.92. The SMILES string of the molecule is Cc1cc(/C(O)=C2\C(=O)C(=O)N(CCCN(C)C)C2c2cccnc2)ccc1OCc1ccccc1. The molecule has 1 aromatic heterocycles. The first-order valence-corrected chi connectivity index (χ1v) is 12.0. The number of aliphatic hydroxyl groups is 1. The van der Waals surface area contributed by atoms with E-state index in [0.717, 1.165) is 17.7 Å². The number of aryl methyl sites for hydroxylation is 1.